The summed E-state index contributed by atoms with van der Waals surface area (Å²) in [5.74, 6) is 0.243. The molecule has 16 heavy (non-hydrogen) atoms. The second-order valence-corrected chi connectivity index (χ2v) is 8.28. The van der Waals surface area contributed by atoms with E-state index in [2.05, 4.69) is 19.2 Å². The molecule has 0 aromatic heterocycles. The average Bonchev–Trinajstić information content (AvgIpc) is 2.05. The van der Waals surface area contributed by atoms with Crippen molar-refractivity contribution in [1.29, 1.82) is 0 Å². The summed E-state index contributed by atoms with van der Waals surface area (Å²) in [6, 6.07) is 0.575. The van der Waals surface area contributed by atoms with Gasteiger partial charge in [-0.25, -0.2) is 8.42 Å². The summed E-state index contributed by atoms with van der Waals surface area (Å²) in [6.45, 7) is 6.58. The topological polar surface area (TPSA) is 46.2 Å². The average molecular weight is 247 g/mol. The smallest absolute Gasteiger partial charge is 0.148 e. The normalized spacial score (nSPS) is 24.2. The van der Waals surface area contributed by atoms with Crippen molar-refractivity contribution in [3.63, 3.8) is 0 Å². The van der Waals surface area contributed by atoms with Crippen LogP contribution in [0.2, 0.25) is 0 Å². The Bertz CT molecular complexity index is 312. The highest BCUT2D eigenvalue weighted by molar-refractivity contribution is 7.90. The van der Waals surface area contributed by atoms with Gasteiger partial charge in [0.2, 0.25) is 0 Å². The summed E-state index contributed by atoms with van der Waals surface area (Å²) in [6.07, 6.45) is 6.10. The largest absolute Gasteiger partial charge is 0.310 e. The van der Waals surface area contributed by atoms with Crippen LogP contribution >= 0.6 is 0 Å². The van der Waals surface area contributed by atoms with Gasteiger partial charge in [-0.15, -0.1) is 0 Å². The van der Waals surface area contributed by atoms with Gasteiger partial charge in [-0.05, 0) is 38.0 Å². The van der Waals surface area contributed by atoms with E-state index in [-0.39, 0.29) is 11.8 Å². The Balaban J connectivity index is 2.34. The summed E-state index contributed by atoms with van der Waals surface area (Å²) < 4.78 is 22.3. The summed E-state index contributed by atoms with van der Waals surface area (Å²) in [5, 5.41) is 3.43. The zero-order valence-corrected chi connectivity index (χ0v) is 11.7. The maximum absolute atomic E-state index is 11.1. The van der Waals surface area contributed by atoms with Crippen LogP contribution in [0.1, 0.15) is 46.5 Å². The molecular formula is C12H25NO2S. The number of hydrogen-bond donors (Lipinski definition) is 1. The molecule has 0 radical (unpaired) electrons. The first-order valence-electron chi connectivity index (χ1n) is 6.12. The third kappa shape index (κ3) is 5.30. The van der Waals surface area contributed by atoms with Crippen LogP contribution in [-0.4, -0.2) is 32.5 Å². The minimum atomic E-state index is -2.86. The molecule has 1 saturated carbocycles. The number of sulfone groups is 1. The van der Waals surface area contributed by atoms with Crippen LogP contribution in [0.4, 0.5) is 0 Å². The van der Waals surface area contributed by atoms with E-state index in [0.717, 1.165) is 0 Å². The second kappa shape index (κ2) is 5.05. The lowest BCUT2D eigenvalue weighted by Crippen LogP contribution is -2.43. The van der Waals surface area contributed by atoms with Crippen LogP contribution in [0.25, 0.3) is 0 Å². The van der Waals surface area contributed by atoms with Gasteiger partial charge in [0.25, 0.3) is 0 Å². The molecule has 1 fully saturated rings. The highest BCUT2D eigenvalue weighted by Crippen LogP contribution is 2.35. The Morgan fingerprint density at radius 2 is 1.81 bits per heavy atom. The Labute approximate surface area is 99.9 Å². The molecule has 0 bridgehead atoms. The van der Waals surface area contributed by atoms with Crippen LogP contribution in [0.3, 0.4) is 0 Å². The first-order chi connectivity index (χ1) is 7.18. The van der Waals surface area contributed by atoms with Gasteiger partial charge >= 0.3 is 0 Å². The first kappa shape index (κ1) is 14.0. The van der Waals surface area contributed by atoms with E-state index in [0.29, 0.717) is 11.5 Å². The number of hydrogen-bond acceptors (Lipinski definition) is 3. The van der Waals surface area contributed by atoms with Gasteiger partial charge < -0.3 is 5.32 Å². The Kier molecular flexibility index (Phi) is 4.41. The van der Waals surface area contributed by atoms with Crippen molar-refractivity contribution in [3.8, 4) is 0 Å². The molecule has 1 aliphatic carbocycles. The van der Waals surface area contributed by atoms with Crippen molar-refractivity contribution < 1.29 is 8.42 Å². The SMILES string of the molecule is CC(CS(C)(=O)=O)NC1CCC(C)(C)CC1. The summed E-state index contributed by atoms with van der Waals surface area (Å²) in [7, 11) is -2.86. The van der Waals surface area contributed by atoms with Crippen molar-refractivity contribution in [3.05, 3.63) is 0 Å². The van der Waals surface area contributed by atoms with Crippen molar-refractivity contribution in [2.45, 2.75) is 58.5 Å². The first-order valence-corrected chi connectivity index (χ1v) is 8.18. The fraction of sp³-hybridized carbons (Fsp3) is 1.00. The molecule has 1 N–H and O–H groups in total. The van der Waals surface area contributed by atoms with Gasteiger partial charge in [-0.2, -0.15) is 0 Å². The molecule has 4 heteroatoms. The number of rotatable bonds is 4. The van der Waals surface area contributed by atoms with Crippen molar-refractivity contribution in [2.24, 2.45) is 5.41 Å². The van der Waals surface area contributed by atoms with E-state index in [4.69, 9.17) is 0 Å². The molecule has 0 aromatic carbocycles. The van der Waals surface area contributed by atoms with Crippen LogP contribution in [-0.2, 0) is 9.84 Å². The Hall–Kier alpha value is -0.0900. The van der Waals surface area contributed by atoms with E-state index in [1.54, 1.807) is 0 Å². The zero-order valence-electron chi connectivity index (χ0n) is 10.9. The molecule has 0 spiro atoms. The molecule has 0 saturated heterocycles. The van der Waals surface area contributed by atoms with Gasteiger partial charge in [-0.1, -0.05) is 13.8 Å². The lowest BCUT2D eigenvalue weighted by atomic mass is 9.75. The van der Waals surface area contributed by atoms with E-state index < -0.39 is 9.84 Å². The maximum Gasteiger partial charge on any atom is 0.148 e. The molecule has 1 aliphatic rings. The van der Waals surface area contributed by atoms with Crippen molar-refractivity contribution in [1.82, 2.24) is 5.32 Å². The molecule has 1 rings (SSSR count). The van der Waals surface area contributed by atoms with E-state index >= 15 is 0 Å². The molecule has 1 unspecified atom stereocenters. The van der Waals surface area contributed by atoms with Gasteiger partial charge in [0.15, 0.2) is 0 Å². The van der Waals surface area contributed by atoms with Gasteiger partial charge in [-0.3, -0.25) is 0 Å². The molecule has 1 atom stereocenters. The minimum Gasteiger partial charge on any atom is -0.310 e. The van der Waals surface area contributed by atoms with Crippen molar-refractivity contribution >= 4 is 9.84 Å². The third-order valence-corrected chi connectivity index (χ3v) is 4.52. The molecule has 0 aromatic rings. The van der Waals surface area contributed by atoms with E-state index in [1.165, 1.54) is 31.9 Å². The lowest BCUT2D eigenvalue weighted by molar-refractivity contribution is 0.201. The predicted molar refractivity (Wildman–Crippen MR) is 68.3 cm³/mol. The highest BCUT2D eigenvalue weighted by atomic mass is 32.2. The fourth-order valence-corrected chi connectivity index (χ4v) is 3.48. The lowest BCUT2D eigenvalue weighted by Gasteiger charge is -2.35. The molecule has 0 heterocycles. The highest BCUT2D eigenvalue weighted by Gasteiger charge is 2.27. The van der Waals surface area contributed by atoms with Crippen LogP contribution < -0.4 is 5.32 Å². The quantitative estimate of drug-likeness (QED) is 0.826. The summed E-state index contributed by atoms with van der Waals surface area (Å²) in [5.41, 5.74) is 0.470. The van der Waals surface area contributed by atoms with Gasteiger partial charge in [0, 0.05) is 18.3 Å². The van der Waals surface area contributed by atoms with Gasteiger partial charge in [0.1, 0.15) is 9.84 Å². The minimum absolute atomic E-state index is 0.0706. The predicted octanol–water partition coefficient (Wildman–Crippen LogP) is 1.98. The van der Waals surface area contributed by atoms with Gasteiger partial charge in [0.05, 0.1) is 5.75 Å². The standard InChI is InChI=1S/C12H25NO2S/c1-10(9-16(4,14)15)13-11-5-7-12(2,3)8-6-11/h10-11,13H,5-9H2,1-4H3. The molecule has 0 aliphatic heterocycles. The van der Waals surface area contributed by atoms with Crippen molar-refractivity contribution in [2.75, 3.05) is 12.0 Å². The summed E-state index contributed by atoms with van der Waals surface area (Å²) in [4.78, 5) is 0. The van der Waals surface area contributed by atoms with E-state index in [9.17, 15) is 8.42 Å². The van der Waals surface area contributed by atoms with Crippen LogP contribution in [0, 0.1) is 5.41 Å². The fourth-order valence-electron chi connectivity index (χ4n) is 2.47. The van der Waals surface area contributed by atoms with E-state index in [1.807, 2.05) is 6.92 Å². The molecule has 96 valence electrons. The maximum atomic E-state index is 11.1. The van der Waals surface area contributed by atoms with Crippen LogP contribution in [0.15, 0.2) is 0 Å². The second-order valence-electron chi connectivity index (χ2n) is 6.10. The van der Waals surface area contributed by atoms with Crippen LogP contribution in [0.5, 0.6) is 0 Å². The third-order valence-electron chi connectivity index (χ3n) is 3.41. The molecule has 0 amide bonds. The Morgan fingerprint density at radius 1 is 1.31 bits per heavy atom. The molecule has 3 nitrogen and oxygen atoms in total. The monoisotopic (exact) mass is 247 g/mol. The Morgan fingerprint density at radius 3 is 2.25 bits per heavy atom. The molecular weight excluding hydrogens is 222 g/mol. The zero-order chi connectivity index (χ0) is 12.4. The number of nitrogens with one attached hydrogen (secondary N) is 1. The summed E-state index contributed by atoms with van der Waals surface area (Å²) >= 11 is 0.